The third-order valence-corrected chi connectivity index (χ3v) is 5.67. The summed E-state index contributed by atoms with van der Waals surface area (Å²) in [5.74, 6) is 0. The number of nitrogens with zero attached hydrogens (tertiary/aromatic N) is 1. The Kier molecular flexibility index (Phi) is 4.89. The van der Waals surface area contributed by atoms with Crippen LogP contribution in [0.1, 0.15) is 24.6 Å². The minimum absolute atomic E-state index is 0.570. The molecule has 20 heavy (non-hydrogen) atoms. The standard InChI is InChI=1S/C16H22N2S2/c1-13(11-18-6-2-3-7-18)17-10-15-9-14(12-20-15)16-5-4-8-19-16/h4-5,8-9,12-13,17H,2-3,6-7,10-11H2,1H3. The summed E-state index contributed by atoms with van der Waals surface area (Å²) in [4.78, 5) is 5.38. The molecule has 0 aromatic carbocycles. The van der Waals surface area contributed by atoms with Gasteiger partial charge in [0.2, 0.25) is 0 Å². The monoisotopic (exact) mass is 306 g/mol. The lowest BCUT2D eigenvalue weighted by Gasteiger charge is -2.20. The van der Waals surface area contributed by atoms with Crippen molar-refractivity contribution in [3.05, 3.63) is 33.8 Å². The van der Waals surface area contributed by atoms with Crippen LogP contribution in [0.5, 0.6) is 0 Å². The van der Waals surface area contributed by atoms with Gasteiger partial charge in [0.25, 0.3) is 0 Å². The molecule has 0 saturated carbocycles. The first-order valence-corrected chi connectivity index (χ1v) is 9.14. The Labute approximate surface area is 129 Å². The molecule has 0 radical (unpaired) electrons. The number of hydrogen-bond acceptors (Lipinski definition) is 4. The number of likely N-dealkylation sites (tertiary alicyclic amines) is 1. The molecule has 2 aromatic heterocycles. The molecule has 0 amide bonds. The van der Waals surface area contributed by atoms with E-state index in [9.17, 15) is 0 Å². The Balaban J connectivity index is 1.48. The molecule has 1 aliphatic heterocycles. The zero-order valence-corrected chi connectivity index (χ0v) is 13.6. The van der Waals surface area contributed by atoms with Gasteiger partial charge < -0.3 is 10.2 Å². The molecule has 0 spiro atoms. The van der Waals surface area contributed by atoms with Crippen LogP contribution >= 0.6 is 22.7 Å². The summed E-state index contributed by atoms with van der Waals surface area (Å²) in [6, 6.07) is 7.21. The lowest BCUT2D eigenvalue weighted by atomic mass is 10.2. The second kappa shape index (κ2) is 6.85. The Bertz CT molecular complexity index is 512. The van der Waals surface area contributed by atoms with Crippen LogP contribution in [-0.2, 0) is 6.54 Å². The fourth-order valence-corrected chi connectivity index (χ4v) is 4.36. The van der Waals surface area contributed by atoms with Gasteiger partial charge in [-0.2, -0.15) is 0 Å². The molecule has 2 nitrogen and oxygen atoms in total. The summed E-state index contributed by atoms with van der Waals surface area (Å²) in [6.07, 6.45) is 2.75. The lowest BCUT2D eigenvalue weighted by molar-refractivity contribution is 0.298. The molecule has 3 rings (SSSR count). The fourth-order valence-electron chi connectivity index (χ4n) is 2.74. The molecular formula is C16H22N2S2. The van der Waals surface area contributed by atoms with Crippen molar-refractivity contribution in [3.8, 4) is 10.4 Å². The molecular weight excluding hydrogens is 284 g/mol. The van der Waals surface area contributed by atoms with E-state index in [4.69, 9.17) is 0 Å². The van der Waals surface area contributed by atoms with Gasteiger partial charge in [-0.15, -0.1) is 22.7 Å². The number of nitrogens with one attached hydrogen (secondary N) is 1. The van der Waals surface area contributed by atoms with Crippen LogP contribution in [-0.4, -0.2) is 30.6 Å². The van der Waals surface area contributed by atoms with Crippen LogP contribution in [0.3, 0.4) is 0 Å². The molecule has 1 aliphatic rings. The first-order valence-electron chi connectivity index (χ1n) is 7.38. The number of rotatable bonds is 6. The molecule has 1 N–H and O–H groups in total. The predicted molar refractivity (Wildman–Crippen MR) is 89.6 cm³/mol. The van der Waals surface area contributed by atoms with Crippen molar-refractivity contribution in [2.24, 2.45) is 0 Å². The van der Waals surface area contributed by atoms with E-state index in [0.717, 1.165) is 6.54 Å². The highest BCUT2D eigenvalue weighted by atomic mass is 32.1. The summed E-state index contributed by atoms with van der Waals surface area (Å²) in [7, 11) is 0. The summed E-state index contributed by atoms with van der Waals surface area (Å²) < 4.78 is 0. The molecule has 1 atom stereocenters. The van der Waals surface area contributed by atoms with Crippen LogP contribution in [0.2, 0.25) is 0 Å². The van der Waals surface area contributed by atoms with Gasteiger partial charge in [0.05, 0.1) is 0 Å². The highest BCUT2D eigenvalue weighted by molar-refractivity contribution is 7.14. The lowest BCUT2D eigenvalue weighted by Crippen LogP contribution is -2.37. The Morgan fingerprint density at radius 2 is 2.15 bits per heavy atom. The maximum absolute atomic E-state index is 3.66. The van der Waals surface area contributed by atoms with Gasteiger partial charge in [-0.05, 0) is 55.7 Å². The first-order chi connectivity index (χ1) is 9.81. The van der Waals surface area contributed by atoms with Crippen LogP contribution in [0.4, 0.5) is 0 Å². The first kappa shape index (κ1) is 14.3. The van der Waals surface area contributed by atoms with E-state index in [2.05, 4.69) is 46.1 Å². The summed E-state index contributed by atoms with van der Waals surface area (Å²) in [5.41, 5.74) is 1.37. The van der Waals surface area contributed by atoms with Gasteiger partial charge in [-0.25, -0.2) is 0 Å². The maximum Gasteiger partial charge on any atom is 0.0351 e. The number of thiophene rings is 2. The molecule has 2 aromatic rings. The quantitative estimate of drug-likeness (QED) is 0.866. The van der Waals surface area contributed by atoms with Gasteiger partial charge in [0.15, 0.2) is 0 Å². The summed E-state index contributed by atoms with van der Waals surface area (Å²) in [6.45, 7) is 7.04. The SMILES string of the molecule is CC(CN1CCCC1)NCc1cc(-c2cccs2)cs1. The summed E-state index contributed by atoms with van der Waals surface area (Å²) in [5, 5.41) is 8.07. The second-order valence-electron chi connectivity index (χ2n) is 5.57. The van der Waals surface area contributed by atoms with Crippen molar-refractivity contribution >= 4 is 22.7 Å². The van der Waals surface area contributed by atoms with E-state index in [0.29, 0.717) is 6.04 Å². The Morgan fingerprint density at radius 1 is 1.30 bits per heavy atom. The average Bonchev–Trinajstić information content (AvgIpc) is 3.18. The Morgan fingerprint density at radius 3 is 2.90 bits per heavy atom. The van der Waals surface area contributed by atoms with Crippen LogP contribution < -0.4 is 5.32 Å². The van der Waals surface area contributed by atoms with Gasteiger partial charge in [0, 0.05) is 34.4 Å². The normalized spacial score (nSPS) is 17.6. The molecule has 4 heteroatoms. The van der Waals surface area contributed by atoms with Crippen molar-refractivity contribution in [2.75, 3.05) is 19.6 Å². The van der Waals surface area contributed by atoms with E-state index in [-0.39, 0.29) is 0 Å². The minimum Gasteiger partial charge on any atom is -0.308 e. The topological polar surface area (TPSA) is 15.3 Å². The van der Waals surface area contributed by atoms with Crippen molar-refractivity contribution in [3.63, 3.8) is 0 Å². The van der Waals surface area contributed by atoms with Crippen LogP contribution in [0, 0.1) is 0 Å². The van der Waals surface area contributed by atoms with E-state index in [1.165, 1.54) is 47.8 Å². The second-order valence-corrected chi connectivity index (χ2v) is 7.51. The van der Waals surface area contributed by atoms with Crippen LogP contribution in [0.15, 0.2) is 29.0 Å². The molecule has 1 unspecified atom stereocenters. The third kappa shape index (κ3) is 3.70. The van der Waals surface area contributed by atoms with Gasteiger partial charge in [-0.3, -0.25) is 0 Å². The van der Waals surface area contributed by atoms with Crippen molar-refractivity contribution in [2.45, 2.75) is 32.4 Å². The average molecular weight is 306 g/mol. The van der Waals surface area contributed by atoms with Gasteiger partial charge in [0.1, 0.15) is 0 Å². The van der Waals surface area contributed by atoms with E-state index in [1.54, 1.807) is 0 Å². The van der Waals surface area contributed by atoms with Gasteiger partial charge >= 0.3 is 0 Å². The Hall–Kier alpha value is -0.680. The largest absolute Gasteiger partial charge is 0.308 e. The molecule has 108 valence electrons. The third-order valence-electron chi connectivity index (χ3n) is 3.81. The number of hydrogen-bond donors (Lipinski definition) is 1. The minimum atomic E-state index is 0.570. The highest BCUT2D eigenvalue weighted by Gasteiger charge is 2.14. The van der Waals surface area contributed by atoms with Crippen LogP contribution in [0.25, 0.3) is 10.4 Å². The van der Waals surface area contributed by atoms with Crippen molar-refractivity contribution < 1.29 is 0 Å². The molecule has 3 heterocycles. The smallest absolute Gasteiger partial charge is 0.0351 e. The molecule has 1 saturated heterocycles. The van der Waals surface area contributed by atoms with E-state index >= 15 is 0 Å². The molecule has 0 aliphatic carbocycles. The predicted octanol–water partition coefficient (Wildman–Crippen LogP) is 4.05. The van der Waals surface area contributed by atoms with E-state index in [1.807, 2.05) is 22.7 Å². The van der Waals surface area contributed by atoms with E-state index < -0.39 is 0 Å². The maximum atomic E-state index is 3.66. The summed E-state index contributed by atoms with van der Waals surface area (Å²) >= 11 is 3.68. The van der Waals surface area contributed by atoms with Crippen molar-refractivity contribution in [1.82, 2.24) is 10.2 Å². The molecule has 1 fully saturated rings. The zero-order chi connectivity index (χ0) is 13.8. The molecule has 0 bridgehead atoms. The van der Waals surface area contributed by atoms with Crippen molar-refractivity contribution in [1.29, 1.82) is 0 Å². The van der Waals surface area contributed by atoms with Gasteiger partial charge in [-0.1, -0.05) is 6.07 Å². The zero-order valence-electron chi connectivity index (χ0n) is 12.0. The highest BCUT2D eigenvalue weighted by Crippen LogP contribution is 2.29. The fraction of sp³-hybridized carbons (Fsp3) is 0.500.